The van der Waals surface area contributed by atoms with Crippen molar-refractivity contribution >= 4 is 16.5 Å². The number of hydrogen-bond acceptors (Lipinski definition) is 3. The number of ether oxygens (including phenoxy) is 2. The van der Waals surface area contributed by atoms with E-state index < -0.39 is 0 Å². The summed E-state index contributed by atoms with van der Waals surface area (Å²) >= 11 is 0. The molecular weight excluding hydrogens is 358 g/mol. The molecule has 0 bridgehead atoms. The van der Waals surface area contributed by atoms with Crippen LogP contribution in [0.1, 0.15) is 29.5 Å². The van der Waals surface area contributed by atoms with E-state index in [0.29, 0.717) is 18.4 Å². The maximum absolute atomic E-state index is 5.99. The van der Waals surface area contributed by atoms with Crippen LogP contribution in [0.5, 0.6) is 11.5 Å². The van der Waals surface area contributed by atoms with Crippen molar-refractivity contribution in [3.05, 3.63) is 90.5 Å². The summed E-state index contributed by atoms with van der Waals surface area (Å²) in [6.45, 7) is 4.28. The highest BCUT2D eigenvalue weighted by Gasteiger charge is 2.40. The predicted molar refractivity (Wildman–Crippen MR) is 119 cm³/mol. The molecule has 3 atom stereocenters. The number of rotatable bonds is 5. The third-order valence-corrected chi connectivity index (χ3v) is 6.18. The van der Waals surface area contributed by atoms with Crippen LogP contribution < -0.4 is 14.8 Å². The van der Waals surface area contributed by atoms with E-state index in [0.717, 1.165) is 23.6 Å². The molecule has 0 spiro atoms. The Morgan fingerprint density at radius 1 is 1.07 bits per heavy atom. The first-order chi connectivity index (χ1) is 14.3. The van der Waals surface area contributed by atoms with Crippen LogP contribution in [0.4, 0.5) is 5.69 Å². The van der Waals surface area contributed by atoms with Crippen molar-refractivity contribution in [1.82, 2.24) is 0 Å². The van der Waals surface area contributed by atoms with Gasteiger partial charge >= 0.3 is 0 Å². The molecule has 0 saturated carbocycles. The van der Waals surface area contributed by atoms with Crippen LogP contribution in [0.3, 0.4) is 0 Å². The third kappa shape index (κ3) is 2.89. The summed E-state index contributed by atoms with van der Waals surface area (Å²) in [5.41, 5.74) is 3.62. The quantitative estimate of drug-likeness (QED) is 0.529. The monoisotopic (exact) mass is 383 g/mol. The highest BCUT2D eigenvalue weighted by molar-refractivity contribution is 5.89. The largest absolute Gasteiger partial charge is 0.496 e. The van der Waals surface area contributed by atoms with Gasteiger partial charge in [-0.2, -0.15) is 0 Å². The van der Waals surface area contributed by atoms with Crippen LogP contribution in [-0.2, 0) is 0 Å². The topological polar surface area (TPSA) is 30.5 Å². The highest BCUT2D eigenvalue weighted by Crippen LogP contribution is 2.54. The molecule has 3 heteroatoms. The fraction of sp³-hybridized carbons (Fsp3) is 0.231. The second kappa shape index (κ2) is 7.32. The summed E-state index contributed by atoms with van der Waals surface area (Å²) in [5.74, 6) is 2.62. The van der Waals surface area contributed by atoms with Gasteiger partial charge in [0.25, 0.3) is 0 Å². The molecule has 0 amide bonds. The fourth-order valence-electron chi connectivity index (χ4n) is 4.92. The first kappa shape index (κ1) is 17.9. The van der Waals surface area contributed by atoms with Crippen molar-refractivity contribution in [2.45, 2.75) is 18.4 Å². The molecule has 0 saturated heterocycles. The molecule has 2 aliphatic rings. The zero-order chi connectivity index (χ0) is 19.8. The van der Waals surface area contributed by atoms with Gasteiger partial charge in [-0.05, 0) is 40.8 Å². The summed E-state index contributed by atoms with van der Waals surface area (Å²) in [5, 5.41) is 6.32. The molecular formula is C26H25NO2. The van der Waals surface area contributed by atoms with Gasteiger partial charge in [-0.15, -0.1) is 0 Å². The van der Waals surface area contributed by atoms with Crippen molar-refractivity contribution in [2.24, 2.45) is 5.92 Å². The number of allylic oxidation sites excluding steroid dienone is 2. The van der Waals surface area contributed by atoms with Crippen molar-refractivity contribution < 1.29 is 9.47 Å². The van der Waals surface area contributed by atoms with Gasteiger partial charge in [-0.1, -0.05) is 67.3 Å². The zero-order valence-corrected chi connectivity index (χ0v) is 16.6. The summed E-state index contributed by atoms with van der Waals surface area (Å²) in [6, 6.07) is 19.2. The van der Waals surface area contributed by atoms with Crippen LogP contribution in [0, 0.1) is 5.92 Å². The second-order valence-electron chi connectivity index (χ2n) is 7.70. The number of fused-ring (bicyclic) bond motifs is 4. The van der Waals surface area contributed by atoms with Crippen LogP contribution in [0.2, 0.25) is 0 Å². The molecule has 3 aromatic rings. The lowest BCUT2D eigenvalue weighted by molar-refractivity contribution is 0.355. The Hall–Kier alpha value is -3.20. The maximum atomic E-state index is 5.99. The summed E-state index contributed by atoms with van der Waals surface area (Å²) < 4.78 is 11.8. The van der Waals surface area contributed by atoms with Crippen molar-refractivity contribution in [2.75, 3.05) is 19.0 Å². The summed E-state index contributed by atoms with van der Waals surface area (Å²) in [7, 11) is 1.76. The van der Waals surface area contributed by atoms with E-state index in [1.54, 1.807) is 13.2 Å². The summed E-state index contributed by atoms with van der Waals surface area (Å²) in [4.78, 5) is 0. The van der Waals surface area contributed by atoms with E-state index in [2.05, 4.69) is 72.6 Å². The molecule has 5 rings (SSSR count). The Morgan fingerprint density at radius 3 is 2.83 bits per heavy atom. The van der Waals surface area contributed by atoms with E-state index in [4.69, 9.17) is 9.47 Å². The van der Waals surface area contributed by atoms with Crippen molar-refractivity contribution in [3.63, 3.8) is 0 Å². The van der Waals surface area contributed by atoms with Gasteiger partial charge in [0.2, 0.25) is 0 Å². The number of benzene rings is 3. The molecule has 0 radical (unpaired) electrons. The zero-order valence-electron chi connectivity index (χ0n) is 16.6. The van der Waals surface area contributed by atoms with E-state index in [1.165, 1.54) is 21.9 Å². The van der Waals surface area contributed by atoms with Gasteiger partial charge in [0.15, 0.2) is 0 Å². The van der Waals surface area contributed by atoms with E-state index in [9.17, 15) is 0 Å². The molecule has 3 nitrogen and oxygen atoms in total. The van der Waals surface area contributed by atoms with Gasteiger partial charge in [0, 0.05) is 11.5 Å². The Balaban J connectivity index is 1.69. The Bertz CT molecular complexity index is 1100. The average Bonchev–Trinajstić information content (AvgIpc) is 3.26. The number of anilines is 1. The smallest absolute Gasteiger partial charge is 0.143 e. The molecule has 3 aromatic carbocycles. The van der Waals surface area contributed by atoms with Crippen LogP contribution in [0.25, 0.3) is 10.8 Å². The van der Waals surface area contributed by atoms with Gasteiger partial charge in [0.05, 0.1) is 18.8 Å². The number of para-hydroxylation sites is 1. The minimum Gasteiger partial charge on any atom is -0.496 e. The number of hydrogen-bond donors (Lipinski definition) is 1. The first-order valence-corrected chi connectivity index (χ1v) is 10.2. The average molecular weight is 383 g/mol. The fourth-order valence-corrected chi connectivity index (χ4v) is 4.92. The minimum absolute atomic E-state index is 0.136. The molecule has 1 aliphatic carbocycles. The maximum Gasteiger partial charge on any atom is 0.143 e. The molecule has 1 N–H and O–H groups in total. The van der Waals surface area contributed by atoms with Crippen LogP contribution in [-0.4, -0.2) is 13.7 Å². The van der Waals surface area contributed by atoms with Crippen LogP contribution in [0.15, 0.2) is 79.4 Å². The predicted octanol–water partition coefficient (Wildman–Crippen LogP) is 6.24. The van der Waals surface area contributed by atoms with Gasteiger partial charge in [0.1, 0.15) is 18.1 Å². The first-order valence-electron chi connectivity index (χ1n) is 10.2. The van der Waals surface area contributed by atoms with Crippen molar-refractivity contribution in [1.29, 1.82) is 0 Å². The highest BCUT2D eigenvalue weighted by atomic mass is 16.5. The van der Waals surface area contributed by atoms with E-state index in [1.807, 2.05) is 6.07 Å². The molecule has 1 heterocycles. The molecule has 146 valence electrons. The van der Waals surface area contributed by atoms with E-state index >= 15 is 0 Å². The standard InChI is InChI=1S/C26H25NO2/c1-3-16-29-23-13-7-12-20-19-10-6-11-21(19)26(27-25(20)23)24-18-9-5-4-8-17(18)14-15-22(24)28-2/h3-10,12-15,19,21,26-27H,1,11,16H2,2H3. The lowest BCUT2D eigenvalue weighted by Gasteiger charge is -2.39. The molecule has 29 heavy (non-hydrogen) atoms. The number of nitrogens with one attached hydrogen (secondary N) is 1. The summed E-state index contributed by atoms with van der Waals surface area (Å²) in [6.07, 6.45) is 7.50. The second-order valence-corrected chi connectivity index (χ2v) is 7.70. The Kier molecular flexibility index (Phi) is 4.51. The van der Waals surface area contributed by atoms with Gasteiger partial charge < -0.3 is 14.8 Å². The minimum atomic E-state index is 0.136. The molecule has 3 unspecified atom stereocenters. The van der Waals surface area contributed by atoms with Crippen molar-refractivity contribution in [3.8, 4) is 11.5 Å². The molecule has 0 aromatic heterocycles. The Labute approximate surface area is 171 Å². The lowest BCUT2D eigenvalue weighted by Crippen LogP contribution is -2.30. The third-order valence-electron chi connectivity index (χ3n) is 6.18. The van der Waals surface area contributed by atoms with E-state index in [-0.39, 0.29) is 6.04 Å². The van der Waals surface area contributed by atoms with Crippen LogP contribution >= 0.6 is 0 Å². The van der Waals surface area contributed by atoms with Gasteiger partial charge in [-0.25, -0.2) is 0 Å². The normalized spacial score (nSPS) is 21.9. The lowest BCUT2D eigenvalue weighted by atomic mass is 9.75. The Morgan fingerprint density at radius 2 is 1.97 bits per heavy atom. The SMILES string of the molecule is C=CCOc1cccc2c1NC(c1c(OC)ccc3ccccc13)C1CC=CC21. The molecule has 1 aliphatic heterocycles. The number of methoxy groups -OCH3 is 1. The molecule has 0 fully saturated rings. The van der Waals surface area contributed by atoms with Gasteiger partial charge in [-0.3, -0.25) is 0 Å².